The van der Waals surface area contributed by atoms with Gasteiger partial charge in [0.1, 0.15) is 5.03 Å². The summed E-state index contributed by atoms with van der Waals surface area (Å²) < 4.78 is 0. The molecule has 3 rings (SSSR count). The minimum atomic E-state index is -0.0234. The van der Waals surface area contributed by atoms with E-state index in [1.165, 1.54) is 24.0 Å². The number of nitrogens with one attached hydrogen (secondary N) is 1. The molecule has 0 spiro atoms. The van der Waals surface area contributed by atoms with E-state index in [1.807, 2.05) is 12.1 Å². The summed E-state index contributed by atoms with van der Waals surface area (Å²) in [5, 5.41) is 3.88. The van der Waals surface area contributed by atoms with E-state index in [2.05, 4.69) is 49.3 Å². The molecule has 4 heteroatoms. The molecule has 1 unspecified atom stereocenters. The van der Waals surface area contributed by atoms with Gasteiger partial charge in [0.25, 0.3) is 5.91 Å². The number of aryl methyl sites for hydroxylation is 2. The molecule has 1 aliphatic rings. The Bertz CT molecular complexity index is 725. The van der Waals surface area contributed by atoms with Gasteiger partial charge in [-0.1, -0.05) is 29.5 Å². The molecule has 0 saturated heterocycles. The van der Waals surface area contributed by atoms with Gasteiger partial charge in [-0.05, 0) is 63.3 Å². The van der Waals surface area contributed by atoms with Crippen LogP contribution in [0, 0.1) is 19.8 Å². The summed E-state index contributed by atoms with van der Waals surface area (Å²) in [5.74, 6) is 0.621. The standard InChI is InChI=1S/C19H22N2OS/c1-12-6-9-17(13(2)11-12)23-19-16(5-4-10-20-19)18(22)21-14(3)15-7-8-15/h4-6,9-11,14-15H,7-8H2,1-3H3,(H,21,22). The Morgan fingerprint density at radius 3 is 2.78 bits per heavy atom. The highest BCUT2D eigenvalue weighted by Gasteiger charge is 2.29. The van der Waals surface area contributed by atoms with E-state index in [1.54, 1.807) is 18.0 Å². The molecule has 1 heterocycles. The van der Waals surface area contributed by atoms with E-state index in [4.69, 9.17) is 0 Å². The van der Waals surface area contributed by atoms with Crippen molar-refractivity contribution in [3.8, 4) is 0 Å². The Morgan fingerprint density at radius 1 is 1.30 bits per heavy atom. The molecule has 120 valence electrons. The first-order valence-electron chi connectivity index (χ1n) is 8.05. The molecule has 2 aromatic rings. The largest absolute Gasteiger partial charge is 0.349 e. The fourth-order valence-corrected chi connectivity index (χ4v) is 3.61. The van der Waals surface area contributed by atoms with Gasteiger partial charge in [-0.2, -0.15) is 0 Å². The van der Waals surface area contributed by atoms with Crippen molar-refractivity contribution in [2.45, 2.75) is 49.6 Å². The van der Waals surface area contributed by atoms with Gasteiger partial charge in [0.15, 0.2) is 0 Å². The van der Waals surface area contributed by atoms with Crippen LogP contribution in [0.4, 0.5) is 0 Å². The number of carbonyl (C=O) groups is 1. The number of carbonyl (C=O) groups excluding carboxylic acids is 1. The van der Waals surface area contributed by atoms with Crippen LogP contribution in [0.25, 0.3) is 0 Å². The number of hydrogen-bond donors (Lipinski definition) is 1. The summed E-state index contributed by atoms with van der Waals surface area (Å²) in [7, 11) is 0. The molecule has 1 fully saturated rings. The highest BCUT2D eigenvalue weighted by Crippen LogP contribution is 2.34. The van der Waals surface area contributed by atoms with Crippen LogP contribution in [-0.4, -0.2) is 16.9 Å². The zero-order valence-electron chi connectivity index (χ0n) is 13.8. The van der Waals surface area contributed by atoms with Crippen molar-refractivity contribution in [1.82, 2.24) is 10.3 Å². The Morgan fingerprint density at radius 2 is 2.09 bits per heavy atom. The molecular formula is C19H22N2OS. The number of amides is 1. The zero-order valence-corrected chi connectivity index (χ0v) is 14.6. The molecule has 1 aliphatic carbocycles. The third-order valence-corrected chi connectivity index (χ3v) is 5.44. The number of pyridine rings is 1. The topological polar surface area (TPSA) is 42.0 Å². The highest BCUT2D eigenvalue weighted by atomic mass is 32.2. The van der Waals surface area contributed by atoms with Gasteiger partial charge in [-0.15, -0.1) is 0 Å². The van der Waals surface area contributed by atoms with Crippen molar-refractivity contribution in [3.05, 3.63) is 53.2 Å². The van der Waals surface area contributed by atoms with Crippen molar-refractivity contribution >= 4 is 17.7 Å². The van der Waals surface area contributed by atoms with Crippen molar-refractivity contribution in [1.29, 1.82) is 0 Å². The zero-order chi connectivity index (χ0) is 16.4. The lowest BCUT2D eigenvalue weighted by atomic mass is 10.2. The van der Waals surface area contributed by atoms with Crippen LogP contribution in [-0.2, 0) is 0 Å². The predicted molar refractivity (Wildman–Crippen MR) is 93.9 cm³/mol. The average Bonchev–Trinajstić information content (AvgIpc) is 3.35. The van der Waals surface area contributed by atoms with Crippen LogP contribution in [0.5, 0.6) is 0 Å². The van der Waals surface area contributed by atoms with E-state index in [0.29, 0.717) is 11.5 Å². The third kappa shape index (κ3) is 3.94. The molecule has 23 heavy (non-hydrogen) atoms. The van der Waals surface area contributed by atoms with Gasteiger partial charge in [-0.3, -0.25) is 4.79 Å². The Labute approximate surface area is 141 Å². The van der Waals surface area contributed by atoms with E-state index >= 15 is 0 Å². The van der Waals surface area contributed by atoms with Crippen LogP contribution < -0.4 is 5.32 Å². The lowest BCUT2D eigenvalue weighted by Crippen LogP contribution is -2.34. The molecule has 1 aromatic heterocycles. The Kier molecular flexibility index (Phi) is 4.71. The minimum absolute atomic E-state index is 0.0234. The van der Waals surface area contributed by atoms with Crippen LogP contribution in [0.2, 0.25) is 0 Å². The van der Waals surface area contributed by atoms with Gasteiger partial charge in [0.2, 0.25) is 0 Å². The number of nitrogens with zero attached hydrogens (tertiary/aromatic N) is 1. The molecule has 1 N–H and O–H groups in total. The maximum absolute atomic E-state index is 12.6. The van der Waals surface area contributed by atoms with Crippen molar-refractivity contribution < 1.29 is 4.79 Å². The molecule has 0 aliphatic heterocycles. The molecule has 3 nitrogen and oxygen atoms in total. The number of aromatic nitrogens is 1. The number of hydrogen-bond acceptors (Lipinski definition) is 3. The lowest BCUT2D eigenvalue weighted by Gasteiger charge is -2.14. The van der Waals surface area contributed by atoms with E-state index < -0.39 is 0 Å². The number of rotatable bonds is 5. The maximum Gasteiger partial charge on any atom is 0.254 e. The van der Waals surface area contributed by atoms with Crippen molar-refractivity contribution in [2.24, 2.45) is 5.92 Å². The Hall–Kier alpha value is -1.81. The lowest BCUT2D eigenvalue weighted by molar-refractivity contribution is 0.0932. The average molecular weight is 326 g/mol. The van der Waals surface area contributed by atoms with Crippen LogP contribution >= 0.6 is 11.8 Å². The van der Waals surface area contributed by atoms with Gasteiger partial charge in [0.05, 0.1) is 5.56 Å². The van der Waals surface area contributed by atoms with Crippen LogP contribution in [0.15, 0.2) is 46.5 Å². The van der Waals surface area contributed by atoms with E-state index in [9.17, 15) is 4.79 Å². The van der Waals surface area contributed by atoms with Crippen LogP contribution in [0.1, 0.15) is 41.3 Å². The summed E-state index contributed by atoms with van der Waals surface area (Å²) in [6.07, 6.45) is 4.18. The third-order valence-electron chi connectivity index (χ3n) is 4.24. The van der Waals surface area contributed by atoms with Crippen molar-refractivity contribution in [3.63, 3.8) is 0 Å². The molecule has 1 atom stereocenters. The second-order valence-corrected chi connectivity index (χ2v) is 7.36. The first kappa shape index (κ1) is 16.1. The van der Waals surface area contributed by atoms with Gasteiger partial charge < -0.3 is 5.32 Å². The van der Waals surface area contributed by atoms with Gasteiger partial charge in [-0.25, -0.2) is 4.98 Å². The molecule has 1 aromatic carbocycles. The van der Waals surface area contributed by atoms with Crippen molar-refractivity contribution in [2.75, 3.05) is 0 Å². The summed E-state index contributed by atoms with van der Waals surface area (Å²) in [5.41, 5.74) is 3.10. The summed E-state index contributed by atoms with van der Waals surface area (Å²) in [6, 6.07) is 10.3. The molecule has 1 amide bonds. The smallest absolute Gasteiger partial charge is 0.254 e. The first-order chi connectivity index (χ1) is 11.0. The maximum atomic E-state index is 12.6. The summed E-state index contributed by atoms with van der Waals surface area (Å²) in [6.45, 7) is 6.26. The van der Waals surface area contributed by atoms with E-state index in [0.717, 1.165) is 9.92 Å². The fraction of sp³-hybridized carbons (Fsp3) is 0.368. The highest BCUT2D eigenvalue weighted by molar-refractivity contribution is 7.99. The predicted octanol–water partition coefficient (Wildman–Crippen LogP) is 4.38. The molecule has 0 bridgehead atoms. The molecule has 0 radical (unpaired) electrons. The van der Waals surface area contributed by atoms with Gasteiger partial charge >= 0.3 is 0 Å². The van der Waals surface area contributed by atoms with Gasteiger partial charge in [0, 0.05) is 17.1 Å². The SMILES string of the molecule is Cc1ccc(Sc2ncccc2C(=O)NC(C)C2CC2)c(C)c1. The van der Waals surface area contributed by atoms with E-state index in [-0.39, 0.29) is 11.9 Å². The van der Waals surface area contributed by atoms with Crippen LogP contribution in [0.3, 0.4) is 0 Å². The second kappa shape index (κ2) is 6.75. The first-order valence-corrected chi connectivity index (χ1v) is 8.87. The summed E-state index contributed by atoms with van der Waals surface area (Å²) >= 11 is 1.56. The summed E-state index contributed by atoms with van der Waals surface area (Å²) in [4.78, 5) is 18.1. The second-order valence-electron chi connectivity index (χ2n) is 6.33. The number of benzene rings is 1. The monoisotopic (exact) mass is 326 g/mol. The minimum Gasteiger partial charge on any atom is -0.349 e. The fourth-order valence-electron chi connectivity index (χ4n) is 2.66. The molecule has 1 saturated carbocycles. The molecular weight excluding hydrogens is 304 g/mol. The normalized spacial score (nSPS) is 15.3. The Balaban J connectivity index is 1.80. The quantitative estimate of drug-likeness (QED) is 0.886.